The van der Waals surface area contributed by atoms with Crippen LogP contribution in [0.1, 0.15) is 20.7 Å². The van der Waals surface area contributed by atoms with Crippen LogP contribution >= 0.6 is 0 Å². The minimum atomic E-state index is -0.807. The SMILES string of the molecule is O=C(NC(CO)CO)c1cncc(C(=O)NC(CO)CO)c1. The first-order valence-corrected chi connectivity index (χ1v) is 6.55. The second kappa shape index (κ2) is 9.05. The molecule has 6 N–H and O–H groups in total. The number of rotatable bonds is 8. The highest BCUT2D eigenvalue weighted by Crippen LogP contribution is 2.04. The molecule has 0 atom stereocenters. The Hall–Kier alpha value is -2.07. The van der Waals surface area contributed by atoms with Crippen molar-refractivity contribution in [3.8, 4) is 0 Å². The Balaban J connectivity index is 2.81. The van der Waals surface area contributed by atoms with Crippen molar-refractivity contribution < 1.29 is 30.0 Å². The first-order chi connectivity index (χ1) is 10.5. The maximum absolute atomic E-state index is 11.9. The molecule has 2 amide bonds. The van der Waals surface area contributed by atoms with E-state index < -0.39 is 50.3 Å². The van der Waals surface area contributed by atoms with Crippen LogP contribution in [0.3, 0.4) is 0 Å². The lowest BCUT2D eigenvalue weighted by atomic mass is 10.1. The molecular weight excluding hydrogens is 294 g/mol. The van der Waals surface area contributed by atoms with Crippen LogP contribution < -0.4 is 10.6 Å². The summed E-state index contributed by atoms with van der Waals surface area (Å²) in [5.41, 5.74) is 0.146. The number of nitrogens with zero attached hydrogens (tertiary/aromatic N) is 1. The van der Waals surface area contributed by atoms with E-state index in [-0.39, 0.29) is 11.1 Å². The van der Waals surface area contributed by atoms with E-state index in [0.29, 0.717) is 0 Å². The van der Waals surface area contributed by atoms with E-state index in [2.05, 4.69) is 15.6 Å². The van der Waals surface area contributed by atoms with Gasteiger partial charge in [0.05, 0.1) is 49.6 Å². The third-order valence-electron chi connectivity index (χ3n) is 2.81. The highest BCUT2D eigenvalue weighted by atomic mass is 16.3. The maximum atomic E-state index is 11.9. The van der Waals surface area contributed by atoms with Crippen molar-refractivity contribution in [2.75, 3.05) is 26.4 Å². The Labute approximate surface area is 126 Å². The van der Waals surface area contributed by atoms with Gasteiger partial charge in [-0.2, -0.15) is 0 Å². The molecule has 1 rings (SSSR count). The normalized spacial score (nSPS) is 10.8. The fourth-order valence-electron chi connectivity index (χ4n) is 1.52. The third kappa shape index (κ3) is 5.04. The molecule has 1 aromatic rings. The van der Waals surface area contributed by atoms with Crippen LogP contribution in [-0.4, -0.2) is 75.7 Å². The molecule has 9 nitrogen and oxygen atoms in total. The molecule has 9 heteroatoms. The van der Waals surface area contributed by atoms with Crippen LogP contribution in [0.4, 0.5) is 0 Å². The predicted octanol–water partition coefficient (Wildman–Crippen LogP) is -2.75. The van der Waals surface area contributed by atoms with Gasteiger partial charge in [-0.05, 0) is 6.07 Å². The largest absolute Gasteiger partial charge is 0.394 e. The molecule has 0 fully saturated rings. The quantitative estimate of drug-likeness (QED) is 0.304. The van der Waals surface area contributed by atoms with Gasteiger partial charge in [-0.1, -0.05) is 0 Å². The van der Waals surface area contributed by atoms with E-state index in [0.717, 1.165) is 0 Å². The average Bonchev–Trinajstić information content (AvgIpc) is 2.57. The average molecular weight is 313 g/mol. The van der Waals surface area contributed by atoms with E-state index in [1.54, 1.807) is 0 Å². The van der Waals surface area contributed by atoms with Gasteiger partial charge >= 0.3 is 0 Å². The van der Waals surface area contributed by atoms with E-state index in [1.165, 1.54) is 18.5 Å². The zero-order chi connectivity index (χ0) is 16.5. The van der Waals surface area contributed by atoms with Crippen LogP contribution in [0.5, 0.6) is 0 Å². The summed E-state index contributed by atoms with van der Waals surface area (Å²) >= 11 is 0. The Kier molecular flexibility index (Phi) is 7.40. The van der Waals surface area contributed by atoms with Gasteiger partial charge in [0.15, 0.2) is 0 Å². The van der Waals surface area contributed by atoms with Gasteiger partial charge in [0.2, 0.25) is 0 Å². The van der Waals surface area contributed by atoms with Crippen molar-refractivity contribution in [2.45, 2.75) is 12.1 Å². The van der Waals surface area contributed by atoms with Gasteiger partial charge in [0.1, 0.15) is 0 Å². The van der Waals surface area contributed by atoms with Gasteiger partial charge in [-0.25, -0.2) is 0 Å². The number of amides is 2. The monoisotopic (exact) mass is 313 g/mol. The standard InChI is InChI=1S/C13H19N3O6/c17-4-10(5-18)15-12(21)8-1-9(3-14-2-8)13(22)16-11(6-19)7-20/h1-3,10-11,17-20H,4-7H2,(H,15,21)(H,16,22). The van der Waals surface area contributed by atoms with Crippen molar-refractivity contribution in [2.24, 2.45) is 0 Å². The Morgan fingerprint density at radius 1 is 0.864 bits per heavy atom. The van der Waals surface area contributed by atoms with E-state index in [4.69, 9.17) is 20.4 Å². The summed E-state index contributed by atoms with van der Waals surface area (Å²) in [6, 6.07) is -0.341. The second-order valence-corrected chi connectivity index (χ2v) is 4.53. The lowest BCUT2D eigenvalue weighted by molar-refractivity contribution is 0.0876. The molecule has 0 aliphatic heterocycles. The lowest BCUT2D eigenvalue weighted by Gasteiger charge is -2.15. The Morgan fingerprint density at radius 3 is 1.55 bits per heavy atom. The first kappa shape index (κ1) is 18.0. The van der Waals surface area contributed by atoms with Crippen molar-refractivity contribution in [3.05, 3.63) is 29.6 Å². The molecule has 1 heterocycles. The number of hydrogen-bond donors (Lipinski definition) is 6. The summed E-state index contributed by atoms with van der Waals surface area (Å²) in [6.07, 6.45) is 2.46. The van der Waals surface area contributed by atoms with Gasteiger partial charge in [0.25, 0.3) is 11.8 Å². The molecule has 0 aliphatic carbocycles. The Morgan fingerprint density at radius 2 is 1.23 bits per heavy atom. The smallest absolute Gasteiger partial charge is 0.253 e. The summed E-state index contributed by atoms with van der Waals surface area (Å²) in [5.74, 6) is -1.20. The number of carbonyl (C=O) groups is 2. The van der Waals surface area contributed by atoms with Crippen molar-refractivity contribution in [3.63, 3.8) is 0 Å². The van der Waals surface area contributed by atoms with Crippen LogP contribution in [0, 0.1) is 0 Å². The molecule has 1 aromatic heterocycles. The summed E-state index contributed by atoms with van der Waals surface area (Å²) in [7, 11) is 0. The minimum absolute atomic E-state index is 0.0732. The van der Waals surface area contributed by atoms with E-state index in [1.807, 2.05) is 0 Å². The summed E-state index contributed by atoms with van der Waals surface area (Å²) in [4.78, 5) is 27.6. The van der Waals surface area contributed by atoms with Gasteiger partial charge in [-0.3, -0.25) is 14.6 Å². The van der Waals surface area contributed by atoms with E-state index >= 15 is 0 Å². The number of pyridine rings is 1. The zero-order valence-corrected chi connectivity index (χ0v) is 11.8. The fraction of sp³-hybridized carbons (Fsp3) is 0.462. The zero-order valence-electron chi connectivity index (χ0n) is 11.8. The second-order valence-electron chi connectivity index (χ2n) is 4.53. The molecular formula is C13H19N3O6. The molecule has 0 radical (unpaired) electrons. The summed E-state index contributed by atoms with van der Waals surface area (Å²) < 4.78 is 0. The molecule has 22 heavy (non-hydrogen) atoms. The van der Waals surface area contributed by atoms with Crippen molar-refractivity contribution >= 4 is 11.8 Å². The molecule has 0 saturated carbocycles. The number of hydrogen-bond acceptors (Lipinski definition) is 7. The highest BCUT2D eigenvalue weighted by molar-refractivity contribution is 5.99. The molecule has 122 valence electrons. The first-order valence-electron chi connectivity index (χ1n) is 6.55. The number of aliphatic hydroxyl groups excluding tert-OH is 4. The molecule has 0 spiro atoms. The van der Waals surface area contributed by atoms with Gasteiger partial charge < -0.3 is 31.1 Å². The maximum Gasteiger partial charge on any atom is 0.253 e. The molecule has 0 aromatic carbocycles. The lowest BCUT2D eigenvalue weighted by Crippen LogP contribution is -2.41. The van der Waals surface area contributed by atoms with Crippen LogP contribution in [-0.2, 0) is 0 Å². The minimum Gasteiger partial charge on any atom is -0.394 e. The summed E-state index contributed by atoms with van der Waals surface area (Å²) in [5, 5.41) is 40.4. The number of aromatic nitrogens is 1. The van der Waals surface area contributed by atoms with Gasteiger partial charge in [-0.15, -0.1) is 0 Å². The Bertz CT molecular complexity index is 461. The molecule has 0 saturated heterocycles. The van der Waals surface area contributed by atoms with Crippen LogP contribution in [0.25, 0.3) is 0 Å². The highest BCUT2D eigenvalue weighted by Gasteiger charge is 2.16. The van der Waals surface area contributed by atoms with Crippen LogP contribution in [0.2, 0.25) is 0 Å². The van der Waals surface area contributed by atoms with Gasteiger partial charge in [0, 0.05) is 12.4 Å². The topological polar surface area (TPSA) is 152 Å². The summed E-state index contributed by atoms with van der Waals surface area (Å²) in [6.45, 7) is -1.70. The molecule has 0 unspecified atom stereocenters. The van der Waals surface area contributed by atoms with E-state index in [9.17, 15) is 9.59 Å². The fourth-order valence-corrected chi connectivity index (χ4v) is 1.52. The number of nitrogens with one attached hydrogen (secondary N) is 2. The third-order valence-corrected chi connectivity index (χ3v) is 2.81. The number of aliphatic hydroxyl groups is 4. The predicted molar refractivity (Wildman–Crippen MR) is 75.1 cm³/mol. The molecule has 0 aliphatic rings. The van der Waals surface area contributed by atoms with Crippen molar-refractivity contribution in [1.29, 1.82) is 0 Å². The van der Waals surface area contributed by atoms with Crippen molar-refractivity contribution in [1.82, 2.24) is 15.6 Å². The van der Waals surface area contributed by atoms with Crippen LogP contribution in [0.15, 0.2) is 18.5 Å². The molecule has 0 bridgehead atoms. The number of carbonyl (C=O) groups excluding carboxylic acids is 2.